The van der Waals surface area contributed by atoms with Crippen molar-refractivity contribution >= 4 is 0 Å². The number of hydrogen-bond donors (Lipinski definition) is 2. The third kappa shape index (κ3) is 1.68. The van der Waals surface area contributed by atoms with E-state index in [1.807, 2.05) is 0 Å². The molecular weight excluding hydrogens is 166 g/mol. The summed E-state index contributed by atoms with van der Waals surface area (Å²) in [6, 6.07) is 1.19. The van der Waals surface area contributed by atoms with Gasteiger partial charge in [0, 0.05) is 6.54 Å². The van der Waals surface area contributed by atoms with Crippen LogP contribution in [0.3, 0.4) is 0 Å². The van der Waals surface area contributed by atoms with E-state index in [0.717, 1.165) is 6.20 Å². The van der Waals surface area contributed by atoms with Crippen LogP contribution >= 0.6 is 0 Å². The van der Waals surface area contributed by atoms with Crippen molar-refractivity contribution in [2.24, 2.45) is 5.73 Å². The quantitative estimate of drug-likeness (QED) is 0.707. The molecule has 0 aliphatic heterocycles. The largest absolute Gasteiger partial charge is 0.506 e. The van der Waals surface area contributed by atoms with Gasteiger partial charge in [0.2, 0.25) is 0 Å². The summed E-state index contributed by atoms with van der Waals surface area (Å²) in [6.07, 6.45) is -1.68. The van der Waals surface area contributed by atoms with Gasteiger partial charge in [-0.1, -0.05) is 0 Å². The van der Waals surface area contributed by atoms with Crippen molar-refractivity contribution in [1.82, 2.24) is 4.98 Å². The molecule has 0 atom stereocenters. The molecule has 0 saturated heterocycles. The average molecular weight is 174 g/mol. The van der Waals surface area contributed by atoms with Gasteiger partial charge in [-0.05, 0) is 11.6 Å². The van der Waals surface area contributed by atoms with E-state index in [9.17, 15) is 8.78 Å². The maximum Gasteiger partial charge on any atom is 0.280 e. The zero-order chi connectivity index (χ0) is 9.14. The van der Waals surface area contributed by atoms with E-state index in [2.05, 4.69) is 4.98 Å². The highest BCUT2D eigenvalue weighted by Gasteiger charge is 2.13. The molecular formula is C7H8F2N2O. The number of aromatic nitrogens is 1. The second-order valence-electron chi connectivity index (χ2n) is 2.24. The maximum absolute atomic E-state index is 12.1. The minimum Gasteiger partial charge on any atom is -0.506 e. The Hall–Kier alpha value is -1.23. The van der Waals surface area contributed by atoms with E-state index in [4.69, 9.17) is 10.8 Å². The fourth-order valence-corrected chi connectivity index (χ4v) is 0.868. The molecule has 1 heterocycles. The van der Waals surface area contributed by atoms with Crippen LogP contribution in [0.4, 0.5) is 8.78 Å². The highest BCUT2D eigenvalue weighted by molar-refractivity contribution is 5.28. The summed E-state index contributed by atoms with van der Waals surface area (Å²) >= 11 is 0. The number of aromatic hydroxyl groups is 1. The monoisotopic (exact) mass is 174 g/mol. The summed E-state index contributed by atoms with van der Waals surface area (Å²) in [5.41, 5.74) is 4.98. The SMILES string of the molecule is NCc1cc(O)cnc1C(F)F. The summed E-state index contributed by atoms with van der Waals surface area (Å²) in [5.74, 6) is -0.153. The molecule has 12 heavy (non-hydrogen) atoms. The molecule has 0 aliphatic rings. The van der Waals surface area contributed by atoms with Crippen LogP contribution in [-0.4, -0.2) is 10.1 Å². The highest BCUT2D eigenvalue weighted by atomic mass is 19.3. The first-order valence-corrected chi connectivity index (χ1v) is 3.31. The van der Waals surface area contributed by atoms with Crippen LogP contribution < -0.4 is 5.73 Å². The third-order valence-electron chi connectivity index (χ3n) is 1.41. The second-order valence-corrected chi connectivity index (χ2v) is 2.24. The molecule has 0 aromatic carbocycles. The number of halogens is 2. The molecule has 66 valence electrons. The first kappa shape index (κ1) is 8.86. The fourth-order valence-electron chi connectivity index (χ4n) is 0.868. The van der Waals surface area contributed by atoms with Gasteiger partial charge >= 0.3 is 0 Å². The highest BCUT2D eigenvalue weighted by Crippen LogP contribution is 2.22. The summed E-state index contributed by atoms with van der Waals surface area (Å²) in [4.78, 5) is 3.37. The van der Waals surface area contributed by atoms with Crippen molar-refractivity contribution in [2.75, 3.05) is 0 Å². The van der Waals surface area contributed by atoms with E-state index < -0.39 is 6.43 Å². The lowest BCUT2D eigenvalue weighted by Gasteiger charge is -2.04. The van der Waals surface area contributed by atoms with Crippen LogP contribution in [0, 0.1) is 0 Å². The standard InChI is InChI=1S/C7H8F2N2O/c8-7(9)6-4(2-10)1-5(12)3-11-6/h1,3,7,12H,2,10H2. The number of hydrogen-bond acceptors (Lipinski definition) is 3. The van der Waals surface area contributed by atoms with Crippen molar-refractivity contribution < 1.29 is 13.9 Å². The van der Waals surface area contributed by atoms with Gasteiger partial charge in [0.1, 0.15) is 11.4 Å². The van der Waals surface area contributed by atoms with Crippen LogP contribution in [0.1, 0.15) is 17.7 Å². The number of pyridine rings is 1. The zero-order valence-corrected chi connectivity index (χ0v) is 6.17. The second kappa shape index (κ2) is 3.44. The Bertz CT molecular complexity index is 278. The Balaban J connectivity index is 3.11. The van der Waals surface area contributed by atoms with Gasteiger partial charge in [-0.2, -0.15) is 0 Å². The van der Waals surface area contributed by atoms with Gasteiger partial charge in [-0.3, -0.25) is 4.98 Å². The van der Waals surface area contributed by atoms with Crippen LogP contribution in [0.15, 0.2) is 12.3 Å². The molecule has 0 aliphatic carbocycles. The van der Waals surface area contributed by atoms with Crippen molar-refractivity contribution in [3.05, 3.63) is 23.5 Å². The predicted molar refractivity (Wildman–Crippen MR) is 38.8 cm³/mol. The third-order valence-corrected chi connectivity index (χ3v) is 1.41. The van der Waals surface area contributed by atoms with Gasteiger partial charge < -0.3 is 10.8 Å². The average Bonchev–Trinajstić information content (AvgIpc) is 2.03. The molecule has 5 heteroatoms. The van der Waals surface area contributed by atoms with E-state index in [0.29, 0.717) is 0 Å². The van der Waals surface area contributed by atoms with E-state index in [-0.39, 0.29) is 23.6 Å². The van der Waals surface area contributed by atoms with E-state index >= 15 is 0 Å². The molecule has 3 N–H and O–H groups in total. The molecule has 0 spiro atoms. The molecule has 0 bridgehead atoms. The molecule has 1 aromatic rings. The normalized spacial score (nSPS) is 10.7. The van der Waals surface area contributed by atoms with E-state index in [1.165, 1.54) is 6.07 Å². The van der Waals surface area contributed by atoms with Gasteiger partial charge in [0.25, 0.3) is 6.43 Å². The fraction of sp³-hybridized carbons (Fsp3) is 0.286. The molecule has 1 aromatic heterocycles. The smallest absolute Gasteiger partial charge is 0.280 e. The lowest BCUT2D eigenvalue weighted by molar-refractivity contribution is 0.144. The van der Waals surface area contributed by atoms with Crippen LogP contribution in [0.5, 0.6) is 5.75 Å². The van der Waals surface area contributed by atoms with Crippen LogP contribution in [0.25, 0.3) is 0 Å². The zero-order valence-electron chi connectivity index (χ0n) is 6.17. The lowest BCUT2D eigenvalue weighted by atomic mass is 10.2. The molecule has 0 amide bonds. The Kier molecular flexibility index (Phi) is 2.54. The molecule has 0 fully saturated rings. The van der Waals surface area contributed by atoms with Crippen LogP contribution in [-0.2, 0) is 6.54 Å². The lowest BCUT2D eigenvalue weighted by Crippen LogP contribution is -2.03. The first-order valence-electron chi connectivity index (χ1n) is 3.31. The molecule has 1 rings (SSSR count). The van der Waals surface area contributed by atoms with Crippen molar-refractivity contribution in [2.45, 2.75) is 13.0 Å². The Morgan fingerprint density at radius 3 is 2.75 bits per heavy atom. The van der Waals surface area contributed by atoms with Gasteiger partial charge in [-0.15, -0.1) is 0 Å². The topological polar surface area (TPSA) is 59.1 Å². The van der Waals surface area contributed by atoms with Crippen LogP contribution in [0.2, 0.25) is 0 Å². The molecule has 0 saturated carbocycles. The summed E-state index contributed by atoms with van der Waals surface area (Å²) in [5, 5.41) is 8.89. The number of alkyl halides is 2. The first-order chi connectivity index (χ1) is 5.65. The Morgan fingerprint density at radius 2 is 2.25 bits per heavy atom. The van der Waals surface area contributed by atoms with E-state index in [1.54, 1.807) is 0 Å². The number of rotatable bonds is 2. The minimum absolute atomic E-state index is 0.0545. The van der Waals surface area contributed by atoms with Gasteiger partial charge in [0.05, 0.1) is 6.20 Å². The van der Waals surface area contributed by atoms with Gasteiger partial charge in [0.15, 0.2) is 0 Å². The number of nitrogens with two attached hydrogens (primary N) is 1. The predicted octanol–water partition coefficient (Wildman–Crippen LogP) is 1.18. The van der Waals surface area contributed by atoms with Crippen molar-refractivity contribution in [3.63, 3.8) is 0 Å². The van der Waals surface area contributed by atoms with Crippen molar-refractivity contribution in [1.29, 1.82) is 0 Å². The van der Waals surface area contributed by atoms with Gasteiger partial charge in [-0.25, -0.2) is 8.78 Å². The Morgan fingerprint density at radius 1 is 1.58 bits per heavy atom. The molecule has 3 nitrogen and oxygen atoms in total. The maximum atomic E-state index is 12.1. The van der Waals surface area contributed by atoms with Crippen molar-refractivity contribution in [3.8, 4) is 5.75 Å². The summed E-state index contributed by atoms with van der Waals surface area (Å²) in [7, 11) is 0. The number of nitrogens with zero attached hydrogens (tertiary/aromatic N) is 1. The summed E-state index contributed by atoms with van der Waals surface area (Å²) < 4.78 is 24.3. The summed E-state index contributed by atoms with van der Waals surface area (Å²) in [6.45, 7) is -0.0545. The molecule has 0 radical (unpaired) electrons. The minimum atomic E-state index is -2.65. The Labute approximate surface area is 67.8 Å². The molecule has 0 unspecified atom stereocenters.